The summed E-state index contributed by atoms with van der Waals surface area (Å²) in [7, 11) is 2.16. The lowest BCUT2D eigenvalue weighted by atomic mass is 9.88. The van der Waals surface area contributed by atoms with Gasteiger partial charge in [-0.25, -0.2) is 0 Å². The van der Waals surface area contributed by atoms with Crippen molar-refractivity contribution < 1.29 is 0 Å². The minimum absolute atomic E-state index is 1.11. The molecule has 1 heterocycles. The Morgan fingerprint density at radius 2 is 1.30 bits per heavy atom. The number of nitrogens with zero attached hydrogens (tertiary/aromatic N) is 1. The first-order valence-corrected chi connectivity index (χ1v) is 9.83. The van der Waals surface area contributed by atoms with Crippen LogP contribution in [0.1, 0.15) is 57.0 Å². The van der Waals surface area contributed by atoms with Crippen LogP contribution in [-0.4, -0.2) is 4.57 Å². The third kappa shape index (κ3) is 2.59. The van der Waals surface area contributed by atoms with Crippen LogP contribution < -0.4 is 10.6 Å². The van der Waals surface area contributed by atoms with Crippen LogP contribution >= 0.6 is 0 Å². The van der Waals surface area contributed by atoms with Gasteiger partial charge in [0.1, 0.15) is 0 Å². The molecule has 3 rings (SSSR count). The maximum Gasteiger partial charge on any atom is 0.0523 e. The molecule has 0 atom stereocenters. The van der Waals surface area contributed by atoms with Gasteiger partial charge in [-0.1, -0.05) is 12.6 Å². The standard InChI is InChI=1S/C26H33N/c1-13-12-14(2)23(18(6)15(13)3)21(9)24-22(10)27(11)26-20(8)17(5)16(4)19(7)25(24)26/h12H,10H2,1-9,11H3. The van der Waals surface area contributed by atoms with Crippen molar-refractivity contribution in [2.24, 2.45) is 7.05 Å². The summed E-state index contributed by atoms with van der Waals surface area (Å²) in [5.41, 5.74) is 15.1. The summed E-state index contributed by atoms with van der Waals surface area (Å²) in [5.74, 6) is 0. The number of rotatable bonds is 1. The Morgan fingerprint density at radius 3 is 1.89 bits per heavy atom. The van der Waals surface area contributed by atoms with E-state index in [1.54, 1.807) is 0 Å². The number of hydrogen-bond acceptors (Lipinski definition) is 0. The van der Waals surface area contributed by atoms with Crippen molar-refractivity contribution in [3.8, 4) is 0 Å². The highest BCUT2D eigenvalue weighted by atomic mass is 14.9. The summed E-state index contributed by atoms with van der Waals surface area (Å²) in [5, 5.41) is 3.79. The molecule has 0 aliphatic carbocycles. The molecule has 27 heavy (non-hydrogen) atoms. The maximum absolute atomic E-state index is 4.49. The third-order valence-corrected chi connectivity index (χ3v) is 7.04. The quantitative estimate of drug-likeness (QED) is 0.557. The first kappa shape index (κ1) is 19.5. The lowest BCUT2D eigenvalue weighted by Crippen LogP contribution is -2.28. The fourth-order valence-corrected chi connectivity index (χ4v) is 4.85. The molecule has 2 aromatic carbocycles. The zero-order chi connectivity index (χ0) is 20.4. The minimum atomic E-state index is 1.11. The molecule has 0 spiro atoms. The van der Waals surface area contributed by atoms with Crippen LogP contribution in [0.3, 0.4) is 0 Å². The number of benzene rings is 2. The van der Waals surface area contributed by atoms with Crippen LogP contribution in [0.5, 0.6) is 0 Å². The SMILES string of the molecule is C=c1c(=C(C)c2c(C)cc(C)c(C)c2C)c2c(C)c(C)c(C)c(C)c2n1C. The number of aryl methyl sites for hydroxylation is 5. The van der Waals surface area contributed by atoms with Gasteiger partial charge in [0.25, 0.3) is 0 Å². The minimum Gasteiger partial charge on any atom is -0.344 e. The van der Waals surface area contributed by atoms with Gasteiger partial charge in [0, 0.05) is 23.0 Å². The summed E-state index contributed by atoms with van der Waals surface area (Å²) in [4.78, 5) is 0. The second kappa shape index (κ2) is 6.41. The monoisotopic (exact) mass is 359 g/mol. The van der Waals surface area contributed by atoms with E-state index in [2.05, 4.69) is 86.6 Å². The average Bonchev–Trinajstić information content (AvgIpc) is 2.87. The van der Waals surface area contributed by atoms with Crippen molar-refractivity contribution in [3.05, 3.63) is 66.7 Å². The van der Waals surface area contributed by atoms with E-state index in [4.69, 9.17) is 0 Å². The first-order chi connectivity index (χ1) is 12.5. The Balaban J connectivity index is 2.67. The number of fused-ring (bicyclic) bond motifs is 1. The van der Waals surface area contributed by atoms with Crippen molar-refractivity contribution in [2.45, 2.75) is 62.3 Å². The molecule has 0 aliphatic heterocycles. The van der Waals surface area contributed by atoms with Gasteiger partial charge in [0.15, 0.2) is 0 Å². The highest BCUT2D eigenvalue weighted by Crippen LogP contribution is 2.29. The molecule has 0 N–H and O–H groups in total. The topological polar surface area (TPSA) is 4.93 Å². The van der Waals surface area contributed by atoms with Gasteiger partial charge in [-0.2, -0.15) is 0 Å². The molecule has 0 fully saturated rings. The molecule has 0 saturated heterocycles. The normalized spacial score (nSPS) is 12.8. The summed E-state index contributed by atoms with van der Waals surface area (Å²) < 4.78 is 2.29. The van der Waals surface area contributed by atoms with Gasteiger partial charge < -0.3 is 4.57 Å². The van der Waals surface area contributed by atoms with Crippen LogP contribution in [0.25, 0.3) is 23.1 Å². The van der Waals surface area contributed by atoms with Gasteiger partial charge in [-0.3, -0.25) is 0 Å². The van der Waals surface area contributed by atoms with E-state index in [0.29, 0.717) is 0 Å². The second-order valence-electron chi connectivity index (χ2n) is 8.36. The fourth-order valence-electron chi connectivity index (χ4n) is 4.85. The zero-order valence-electron chi connectivity index (χ0n) is 18.7. The predicted octanol–water partition coefficient (Wildman–Crippen LogP) is 5.27. The molecule has 0 radical (unpaired) electrons. The van der Waals surface area contributed by atoms with E-state index in [9.17, 15) is 0 Å². The number of hydrogen-bond donors (Lipinski definition) is 0. The summed E-state index contributed by atoms with van der Waals surface area (Å²) >= 11 is 0. The molecule has 3 aromatic rings. The Bertz CT molecular complexity index is 1220. The largest absolute Gasteiger partial charge is 0.344 e. The molecule has 0 bridgehead atoms. The third-order valence-electron chi connectivity index (χ3n) is 7.04. The molecule has 0 unspecified atom stereocenters. The van der Waals surface area contributed by atoms with E-state index in [1.165, 1.54) is 71.8 Å². The molecule has 142 valence electrons. The van der Waals surface area contributed by atoms with Crippen molar-refractivity contribution >= 4 is 23.1 Å². The van der Waals surface area contributed by atoms with E-state index < -0.39 is 0 Å². The average molecular weight is 360 g/mol. The van der Waals surface area contributed by atoms with E-state index >= 15 is 0 Å². The van der Waals surface area contributed by atoms with Gasteiger partial charge in [-0.15, -0.1) is 0 Å². The van der Waals surface area contributed by atoms with Gasteiger partial charge in [0.2, 0.25) is 0 Å². The van der Waals surface area contributed by atoms with Gasteiger partial charge >= 0.3 is 0 Å². The lowest BCUT2D eigenvalue weighted by Gasteiger charge is -2.16. The molecule has 0 saturated carbocycles. The first-order valence-electron chi connectivity index (χ1n) is 9.83. The summed E-state index contributed by atoms with van der Waals surface area (Å²) in [6, 6.07) is 2.32. The summed E-state index contributed by atoms with van der Waals surface area (Å²) in [6.07, 6.45) is 0. The van der Waals surface area contributed by atoms with E-state index in [-0.39, 0.29) is 0 Å². The highest BCUT2D eigenvalue weighted by molar-refractivity contribution is 5.92. The highest BCUT2D eigenvalue weighted by Gasteiger charge is 2.18. The van der Waals surface area contributed by atoms with E-state index in [0.717, 1.165) is 5.35 Å². The predicted molar refractivity (Wildman–Crippen MR) is 120 cm³/mol. The van der Waals surface area contributed by atoms with Crippen LogP contribution in [0.2, 0.25) is 0 Å². The second-order valence-corrected chi connectivity index (χ2v) is 8.36. The molecule has 0 aliphatic rings. The van der Waals surface area contributed by atoms with Crippen molar-refractivity contribution in [2.75, 3.05) is 0 Å². The van der Waals surface area contributed by atoms with Gasteiger partial charge in [-0.05, 0) is 118 Å². The van der Waals surface area contributed by atoms with Gasteiger partial charge in [0.05, 0.1) is 5.52 Å². The molecule has 0 amide bonds. The molecule has 1 nitrogen and oxygen atoms in total. The Morgan fingerprint density at radius 1 is 0.741 bits per heavy atom. The smallest absolute Gasteiger partial charge is 0.0523 e. The van der Waals surface area contributed by atoms with Crippen LogP contribution in [-0.2, 0) is 7.05 Å². The van der Waals surface area contributed by atoms with Crippen LogP contribution in [0, 0.1) is 55.4 Å². The zero-order valence-corrected chi connectivity index (χ0v) is 18.7. The summed E-state index contributed by atoms with van der Waals surface area (Å²) in [6.45, 7) is 24.7. The van der Waals surface area contributed by atoms with Crippen LogP contribution in [0.15, 0.2) is 6.07 Å². The van der Waals surface area contributed by atoms with Crippen LogP contribution in [0.4, 0.5) is 0 Å². The Hall–Kier alpha value is -2.28. The molecular formula is C26H33N. The molecule has 1 heteroatoms. The lowest BCUT2D eigenvalue weighted by molar-refractivity contribution is 0.921. The van der Waals surface area contributed by atoms with Crippen molar-refractivity contribution in [3.63, 3.8) is 0 Å². The maximum atomic E-state index is 4.49. The molecule has 1 aromatic heterocycles. The number of aromatic nitrogens is 1. The van der Waals surface area contributed by atoms with E-state index in [1.807, 2.05) is 0 Å². The Kier molecular flexibility index (Phi) is 4.62. The Labute approximate surface area is 164 Å². The molecular weight excluding hydrogens is 326 g/mol. The van der Waals surface area contributed by atoms with Crippen molar-refractivity contribution in [1.29, 1.82) is 0 Å². The van der Waals surface area contributed by atoms with Crippen molar-refractivity contribution in [1.82, 2.24) is 4.57 Å². The fraction of sp³-hybridized carbons (Fsp3) is 0.385.